The van der Waals surface area contributed by atoms with Crippen LogP contribution in [0, 0.1) is 0 Å². The third kappa shape index (κ3) is 6.67. The van der Waals surface area contributed by atoms with E-state index in [9.17, 15) is 4.79 Å². The number of carbonyl (C=O) groups is 1. The monoisotopic (exact) mass is 527 g/mol. The molecule has 0 fully saturated rings. The lowest BCUT2D eigenvalue weighted by atomic mass is 10.2. The molecule has 2 aromatic rings. The van der Waals surface area contributed by atoms with E-state index in [1.807, 2.05) is 36.2 Å². The van der Waals surface area contributed by atoms with E-state index in [2.05, 4.69) is 33.6 Å². The Balaban J connectivity index is 0.00000300. The zero-order valence-electron chi connectivity index (χ0n) is 17.1. The van der Waals surface area contributed by atoms with Gasteiger partial charge in [-0.05, 0) is 37.8 Å². The molecule has 0 bridgehead atoms. The van der Waals surface area contributed by atoms with Crippen molar-refractivity contribution in [2.75, 3.05) is 24.5 Å². The number of guanidine groups is 1. The van der Waals surface area contributed by atoms with Crippen molar-refractivity contribution in [2.45, 2.75) is 46.1 Å². The van der Waals surface area contributed by atoms with E-state index < -0.39 is 0 Å². The van der Waals surface area contributed by atoms with E-state index >= 15 is 0 Å². The van der Waals surface area contributed by atoms with Crippen LogP contribution in [0.1, 0.15) is 42.1 Å². The molecule has 1 aliphatic rings. The molecule has 1 aliphatic heterocycles. The first-order valence-electron chi connectivity index (χ1n) is 10.0. The molecule has 1 aromatic heterocycles. The summed E-state index contributed by atoms with van der Waals surface area (Å²) in [5.41, 5.74) is 2.34. The zero-order valence-corrected chi connectivity index (χ0v) is 20.3. The fourth-order valence-electron chi connectivity index (χ4n) is 3.25. The Morgan fingerprint density at radius 2 is 2.10 bits per heavy atom. The number of nitrogens with one attached hydrogen (secondary N) is 2. The van der Waals surface area contributed by atoms with E-state index in [1.54, 1.807) is 11.3 Å². The van der Waals surface area contributed by atoms with Crippen molar-refractivity contribution in [3.8, 4) is 0 Å². The summed E-state index contributed by atoms with van der Waals surface area (Å²) in [6.07, 6.45) is 5.20. The highest BCUT2D eigenvalue weighted by Gasteiger charge is 2.23. The minimum absolute atomic E-state index is 0. The van der Waals surface area contributed by atoms with Gasteiger partial charge in [0.15, 0.2) is 5.96 Å². The van der Waals surface area contributed by atoms with Gasteiger partial charge in [-0.25, -0.2) is 9.98 Å². The highest BCUT2D eigenvalue weighted by atomic mass is 127. The van der Waals surface area contributed by atoms with E-state index in [0.29, 0.717) is 19.5 Å². The van der Waals surface area contributed by atoms with Crippen LogP contribution in [0.25, 0.3) is 0 Å². The molecule has 3 rings (SSSR count). The van der Waals surface area contributed by atoms with Crippen LogP contribution in [0.3, 0.4) is 0 Å². The number of para-hydroxylation sites is 1. The Kier molecular flexibility index (Phi) is 9.86. The SMILES string of the molecule is CCNC(=NCc1ncc(CC)s1)NCCCC(=O)N1CCc2ccccc21.I. The van der Waals surface area contributed by atoms with Crippen LogP contribution in [0.5, 0.6) is 0 Å². The summed E-state index contributed by atoms with van der Waals surface area (Å²) in [7, 11) is 0. The number of amides is 1. The second-order valence-electron chi connectivity index (χ2n) is 6.72. The number of hydrogen-bond acceptors (Lipinski definition) is 4. The van der Waals surface area contributed by atoms with Gasteiger partial charge in [0.05, 0.1) is 6.54 Å². The van der Waals surface area contributed by atoms with Gasteiger partial charge in [-0.2, -0.15) is 0 Å². The van der Waals surface area contributed by atoms with Crippen molar-refractivity contribution >= 4 is 52.9 Å². The predicted octanol–water partition coefficient (Wildman–Crippen LogP) is 3.75. The summed E-state index contributed by atoms with van der Waals surface area (Å²) in [4.78, 5) is 24.8. The number of carbonyl (C=O) groups excluding carboxylic acids is 1. The van der Waals surface area contributed by atoms with E-state index in [0.717, 1.165) is 49.0 Å². The smallest absolute Gasteiger partial charge is 0.227 e. The molecule has 0 atom stereocenters. The molecule has 8 heteroatoms. The number of anilines is 1. The molecular formula is C21H30IN5OS. The zero-order chi connectivity index (χ0) is 19.8. The van der Waals surface area contributed by atoms with E-state index in [4.69, 9.17) is 0 Å². The topological polar surface area (TPSA) is 69.6 Å². The number of aromatic nitrogens is 1. The molecule has 6 nitrogen and oxygen atoms in total. The first-order valence-corrected chi connectivity index (χ1v) is 10.9. The number of nitrogens with zero attached hydrogens (tertiary/aromatic N) is 3. The highest BCUT2D eigenvalue weighted by molar-refractivity contribution is 14.0. The number of aryl methyl sites for hydroxylation is 1. The number of halogens is 1. The van der Waals surface area contributed by atoms with Gasteiger partial charge >= 0.3 is 0 Å². The number of aliphatic imine (C=N–C) groups is 1. The normalized spacial score (nSPS) is 13.0. The maximum absolute atomic E-state index is 12.6. The molecule has 0 radical (unpaired) electrons. The Bertz CT molecular complexity index is 823. The molecule has 2 heterocycles. The lowest BCUT2D eigenvalue weighted by Crippen LogP contribution is -2.38. The Morgan fingerprint density at radius 1 is 1.28 bits per heavy atom. The van der Waals surface area contributed by atoms with Crippen LogP contribution < -0.4 is 15.5 Å². The average molecular weight is 527 g/mol. The number of thiazole rings is 1. The van der Waals surface area contributed by atoms with Gasteiger partial charge in [-0.1, -0.05) is 25.1 Å². The molecule has 158 valence electrons. The first-order chi connectivity index (χ1) is 13.7. The van der Waals surface area contributed by atoms with Gasteiger partial charge in [0.2, 0.25) is 5.91 Å². The maximum Gasteiger partial charge on any atom is 0.227 e. The fourth-order valence-corrected chi connectivity index (χ4v) is 4.04. The standard InChI is InChI=1S/C21H29N5OS.HI/c1-3-17-14-24-19(28-17)15-25-21(22-4-2)23-12-7-10-20(27)26-13-11-16-8-5-6-9-18(16)26;/h5-6,8-9,14H,3-4,7,10-13,15H2,1-2H3,(H2,22,23,25);1H. The quantitative estimate of drug-likeness (QED) is 0.238. The summed E-state index contributed by atoms with van der Waals surface area (Å²) in [5.74, 6) is 0.971. The van der Waals surface area contributed by atoms with Crippen molar-refractivity contribution in [2.24, 2.45) is 4.99 Å². The summed E-state index contributed by atoms with van der Waals surface area (Å²) in [5, 5.41) is 7.60. The van der Waals surface area contributed by atoms with Crippen LogP contribution in [-0.4, -0.2) is 36.5 Å². The minimum Gasteiger partial charge on any atom is -0.357 e. The van der Waals surface area contributed by atoms with Crippen LogP contribution >= 0.6 is 35.3 Å². The summed E-state index contributed by atoms with van der Waals surface area (Å²) >= 11 is 1.71. The average Bonchev–Trinajstić information content (AvgIpc) is 3.35. The van der Waals surface area contributed by atoms with E-state index in [1.165, 1.54) is 10.4 Å². The van der Waals surface area contributed by atoms with Crippen molar-refractivity contribution in [3.63, 3.8) is 0 Å². The van der Waals surface area contributed by atoms with Gasteiger partial charge in [0, 0.05) is 42.8 Å². The summed E-state index contributed by atoms with van der Waals surface area (Å²) in [6.45, 7) is 7.06. The molecule has 2 N–H and O–H groups in total. The third-order valence-corrected chi connectivity index (χ3v) is 5.84. The number of benzene rings is 1. The molecule has 0 saturated carbocycles. The third-order valence-electron chi connectivity index (χ3n) is 4.71. The lowest BCUT2D eigenvalue weighted by Gasteiger charge is -2.17. The first kappa shape index (κ1) is 23.6. The van der Waals surface area contributed by atoms with Gasteiger partial charge in [-0.15, -0.1) is 35.3 Å². The fraction of sp³-hybridized carbons (Fsp3) is 0.476. The van der Waals surface area contributed by atoms with Gasteiger partial charge in [0.1, 0.15) is 5.01 Å². The summed E-state index contributed by atoms with van der Waals surface area (Å²) in [6, 6.07) is 8.18. The molecule has 1 aromatic carbocycles. The van der Waals surface area contributed by atoms with Gasteiger partial charge in [0.25, 0.3) is 0 Å². The Hall–Kier alpha value is -1.68. The number of fused-ring (bicyclic) bond motifs is 1. The van der Waals surface area contributed by atoms with Crippen LogP contribution in [0.15, 0.2) is 35.5 Å². The molecule has 1 amide bonds. The van der Waals surface area contributed by atoms with Gasteiger partial charge < -0.3 is 15.5 Å². The predicted molar refractivity (Wildman–Crippen MR) is 131 cm³/mol. The molecule has 0 saturated heterocycles. The Morgan fingerprint density at radius 3 is 2.86 bits per heavy atom. The van der Waals surface area contributed by atoms with Crippen molar-refractivity contribution in [3.05, 3.63) is 45.9 Å². The molecule has 0 aliphatic carbocycles. The molecule has 0 spiro atoms. The Labute approximate surface area is 194 Å². The van der Waals surface area contributed by atoms with Crippen molar-refractivity contribution in [1.82, 2.24) is 15.6 Å². The maximum atomic E-state index is 12.6. The minimum atomic E-state index is 0. The van der Waals surface area contributed by atoms with Crippen LogP contribution in [0.2, 0.25) is 0 Å². The molecule has 0 unspecified atom stereocenters. The molecule has 29 heavy (non-hydrogen) atoms. The second-order valence-corrected chi connectivity index (χ2v) is 7.92. The van der Waals surface area contributed by atoms with Crippen LogP contribution in [0.4, 0.5) is 5.69 Å². The largest absolute Gasteiger partial charge is 0.357 e. The van der Waals surface area contributed by atoms with Gasteiger partial charge in [-0.3, -0.25) is 4.79 Å². The second kappa shape index (κ2) is 12.1. The van der Waals surface area contributed by atoms with E-state index in [-0.39, 0.29) is 29.9 Å². The molecular weight excluding hydrogens is 497 g/mol. The lowest BCUT2D eigenvalue weighted by molar-refractivity contribution is -0.118. The highest BCUT2D eigenvalue weighted by Crippen LogP contribution is 2.27. The number of rotatable bonds is 8. The van der Waals surface area contributed by atoms with Crippen molar-refractivity contribution < 1.29 is 4.79 Å². The summed E-state index contributed by atoms with van der Waals surface area (Å²) < 4.78 is 0. The number of hydrogen-bond donors (Lipinski definition) is 2. The van der Waals surface area contributed by atoms with Crippen LogP contribution in [-0.2, 0) is 24.2 Å². The van der Waals surface area contributed by atoms with Crippen molar-refractivity contribution in [1.29, 1.82) is 0 Å².